The van der Waals surface area contributed by atoms with Gasteiger partial charge in [-0.25, -0.2) is 4.99 Å². The number of hydrogen-bond donors (Lipinski definition) is 2. The monoisotopic (exact) mass is 499 g/mol. The van der Waals surface area contributed by atoms with E-state index in [-0.39, 0.29) is 32.1 Å². The number of aliphatic imine (C=N–C) groups is 1. The van der Waals surface area contributed by atoms with Gasteiger partial charge in [-0.2, -0.15) is 0 Å². The Kier molecular flexibility index (Phi) is 8.75. The molecule has 2 N–H and O–H groups in total. The first-order valence-electron chi connectivity index (χ1n) is 12.1. The highest BCUT2D eigenvalue weighted by Gasteiger charge is 2.44. The van der Waals surface area contributed by atoms with E-state index in [1.807, 2.05) is 78.9 Å². The maximum absolute atomic E-state index is 13.6. The van der Waals surface area contributed by atoms with Crippen molar-refractivity contribution >= 4 is 11.8 Å². The lowest BCUT2D eigenvalue weighted by Crippen LogP contribution is -2.48. The Morgan fingerprint density at radius 2 is 1.81 bits per heavy atom. The van der Waals surface area contributed by atoms with Crippen LogP contribution in [0.15, 0.2) is 89.0 Å². The maximum Gasteiger partial charge on any atom is 0.252 e. The smallest absolute Gasteiger partial charge is 0.252 e. The van der Waals surface area contributed by atoms with Crippen LogP contribution in [-0.4, -0.2) is 42.3 Å². The molecule has 1 heterocycles. The number of rotatable bonds is 12. The van der Waals surface area contributed by atoms with E-state index in [9.17, 15) is 4.79 Å². The molecule has 3 aromatic carbocycles. The molecule has 1 aliphatic heterocycles. The molecule has 1 aliphatic rings. The van der Waals surface area contributed by atoms with Crippen LogP contribution in [-0.2, 0) is 29.0 Å². The number of hydrogen-bond acceptors (Lipinski definition) is 6. The van der Waals surface area contributed by atoms with Gasteiger partial charge in [0.1, 0.15) is 12.4 Å². The zero-order chi connectivity index (χ0) is 25.9. The molecule has 1 amide bonds. The number of carbonyl (C=O) groups excluding carboxylic acids is 1. The molecule has 0 saturated carbocycles. The topological polar surface area (TPSA) is 129 Å². The van der Waals surface area contributed by atoms with Crippen molar-refractivity contribution in [2.45, 2.75) is 31.5 Å². The second-order valence-corrected chi connectivity index (χ2v) is 8.69. The van der Waals surface area contributed by atoms with Gasteiger partial charge >= 0.3 is 0 Å². The van der Waals surface area contributed by atoms with Gasteiger partial charge in [0.25, 0.3) is 5.91 Å². The molecule has 0 bridgehead atoms. The van der Waals surface area contributed by atoms with E-state index in [1.54, 1.807) is 0 Å². The third-order valence-electron chi connectivity index (χ3n) is 6.06. The van der Waals surface area contributed by atoms with Crippen LogP contribution in [0.4, 0.5) is 0 Å². The number of aliphatic hydroxyl groups is 1. The highest BCUT2D eigenvalue weighted by molar-refractivity contribution is 6.00. The molecule has 1 atom stereocenters. The van der Waals surface area contributed by atoms with Gasteiger partial charge in [-0.05, 0) is 46.5 Å². The Morgan fingerprint density at radius 1 is 1.08 bits per heavy atom. The third-order valence-corrected chi connectivity index (χ3v) is 6.06. The average Bonchev–Trinajstić information content (AvgIpc) is 3.37. The number of amides is 1. The Hall–Kier alpha value is -4.33. The molecule has 9 nitrogen and oxygen atoms in total. The summed E-state index contributed by atoms with van der Waals surface area (Å²) in [7, 11) is 0. The average molecular weight is 500 g/mol. The summed E-state index contributed by atoms with van der Waals surface area (Å²) in [6.07, 6.45) is 0.843. The minimum atomic E-state index is -1.19. The number of azide groups is 1. The number of nitrogens with one attached hydrogen (secondary N) is 1. The zero-order valence-electron chi connectivity index (χ0n) is 20.4. The van der Waals surface area contributed by atoms with Gasteiger partial charge in [0, 0.05) is 36.5 Å². The first-order chi connectivity index (χ1) is 18.1. The Morgan fingerprint density at radius 3 is 2.54 bits per heavy atom. The normalized spacial score (nSPS) is 16.3. The summed E-state index contributed by atoms with van der Waals surface area (Å²) in [6, 6.07) is 24.5. The van der Waals surface area contributed by atoms with Gasteiger partial charge in [0.05, 0.1) is 13.2 Å². The second kappa shape index (κ2) is 12.6. The molecule has 9 heteroatoms. The van der Waals surface area contributed by atoms with Crippen molar-refractivity contribution < 1.29 is 19.4 Å². The first-order valence-corrected chi connectivity index (χ1v) is 12.1. The minimum absolute atomic E-state index is 0.0726. The first kappa shape index (κ1) is 25.8. The van der Waals surface area contributed by atoms with E-state index in [0.717, 1.165) is 22.3 Å². The predicted octanol–water partition coefficient (Wildman–Crippen LogP) is 4.33. The maximum atomic E-state index is 13.6. The predicted molar refractivity (Wildman–Crippen MR) is 140 cm³/mol. The lowest BCUT2D eigenvalue weighted by molar-refractivity contribution is -0.126. The molecule has 0 fully saturated rings. The van der Waals surface area contributed by atoms with Crippen LogP contribution in [0.3, 0.4) is 0 Å². The molecule has 0 aliphatic carbocycles. The largest absolute Gasteiger partial charge is 0.494 e. The molecule has 190 valence electrons. The molecular weight excluding hydrogens is 470 g/mol. The van der Waals surface area contributed by atoms with Crippen molar-refractivity contribution in [2.75, 3.05) is 19.8 Å². The fourth-order valence-electron chi connectivity index (χ4n) is 4.08. The number of aliphatic hydroxyl groups excluding tert-OH is 1. The lowest BCUT2D eigenvalue weighted by Gasteiger charge is -2.24. The summed E-state index contributed by atoms with van der Waals surface area (Å²) in [6.45, 7) is 1.13. The quantitative estimate of drug-likeness (QED) is 0.166. The standard InChI is InChI=1S/C28H29N5O4/c29-33-31-19-24-10-5-4-9-23(24)17-28(27(35)30-18-21-7-2-1-3-8-21)20-37-26(32-28)22-11-13-25(14-12-22)36-16-6-15-34/h1-5,7-14,34H,6,15-20H2,(H,30,35)/t28-/m1/s1. The van der Waals surface area contributed by atoms with Crippen molar-refractivity contribution in [1.82, 2.24) is 5.32 Å². The lowest BCUT2D eigenvalue weighted by atomic mass is 9.89. The van der Waals surface area contributed by atoms with Crippen molar-refractivity contribution in [3.8, 4) is 5.75 Å². The molecule has 4 rings (SSSR count). The van der Waals surface area contributed by atoms with E-state index in [2.05, 4.69) is 15.3 Å². The van der Waals surface area contributed by atoms with E-state index >= 15 is 0 Å². The fraction of sp³-hybridized carbons (Fsp3) is 0.286. The van der Waals surface area contributed by atoms with Crippen LogP contribution in [0.2, 0.25) is 0 Å². The van der Waals surface area contributed by atoms with Crippen LogP contribution >= 0.6 is 0 Å². The van der Waals surface area contributed by atoms with Crippen LogP contribution in [0.1, 0.15) is 28.7 Å². The van der Waals surface area contributed by atoms with Crippen molar-refractivity contribution in [1.29, 1.82) is 0 Å². The van der Waals surface area contributed by atoms with Crippen LogP contribution in [0, 0.1) is 0 Å². The highest BCUT2D eigenvalue weighted by Crippen LogP contribution is 2.29. The Labute approximate surface area is 215 Å². The molecule has 3 aromatic rings. The number of carbonyl (C=O) groups is 1. The fourth-order valence-corrected chi connectivity index (χ4v) is 4.08. The summed E-state index contributed by atoms with van der Waals surface area (Å²) < 4.78 is 11.6. The summed E-state index contributed by atoms with van der Waals surface area (Å²) in [5.74, 6) is 0.813. The van der Waals surface area contributed by atoms with Crippen molar-refractivity contribution in [3.63, 3.8) is 0 Å². The van der Waals surface area contributed by atoms with Gasteiger partial charge < -0.3 is 19.9 Å². The van der Waals surface area contributed by atoms with Gasteiger partial charge in [0.2, 0.25) is 5.90 Å². The van der Waals surface area contributed by atoms with Gasteiger partial charge in [0.15, 0.2) is 5.54 Å². The van der Waals surface area contributed by atoms with E-state index in [1.165, 1.54) is 0 Å². The minimum Gasteiger partial charge on any atom is -0.494 e. The van der Waals surface area contributed by atoms with E-state index < -0.39 is 5.54 Å². The van der Waals surface area contributed by atoms with Crippen LogP contribution in [0.5, 0.6) is 5.75 Å². The molecule has 37 heavy (non-hydrogen) atoms. The van der Waals surface area contributed by atoms with Gasteiger partial charge in [-0.15, -0.1) is 0 Å². The summed E-state index contributed by atoms with van der Waals surface area (Å²) >= 11 is 0. The third kappa shape index (κ3) is 6.67. The second-order valence-electron chi connectivity index (χ2n) is 8.69. The molecular formula is C28H29N5O4. The summed E-state index contributed by atoms with van der Waals surface area (Å²) in [5, 5.41) is 15.7. The molecule has 0 spiro atoms. The van der Waals surface area contributed by atoms with Crippen LogP contribution < -0.4 is 10.1 Å². The summed E-state index contributed by atoms with van der Waals surface area (Å²) in [4.78, 5) is 21.3. The zero-order valence-corrected chi connectivity index (χ0v) is 20.4. The van der Waals surface area contributed by atoms with Gasteiger partial charge in [-0.3, -0.25) is 4.79 Å². The number of benzene rings is 3. The van der Waals surface area contributed by atoms with Gasteiger partial charge in [-0.1, -0.05) is 59.7 Å². The highest BCUT2D eigenvalue weighted by atomic mass is 16.5. The number of ether oxygens (including phenoxy) is 2. The molecule has 0 aromatic heterocycles. The Bertz CT molecular complexity index is 1270. The van der Waals surface area contributed by atoms with E-state index in [0.29, 0.717) is 31.2 Å². The molecule has 0 unspecified atom stereocenters. The SMILES string of the molecule is [N-]=[N+]=NCc1ccccc1C[C@]1(C(=O)NCc2ccccc2)COC(c2ccc(OCCCO)cc2)=N1. The number of nitrogens with zero attached hydrogens (tertiary/aromatic N) is 4. The van der Waals surface area contributed by atoms with Crippen molar-refractivity contribution in [3.05, 3.63) is 112 Å². The van der Waals surface area contributed by atoms with Crippen molar-refractivity contribution in [2.24, 2.45) is 10.1 Å². The van der Waals surface area contributed by atoms with E-state index in [4.69, 9.17) is 25.1 Å². The summed E-state index contributed by atoms with van der Waals surface area (Å²) in [5.41, 5.74) is 11.0. The van der Waals surface area contributed by atoms with Crippen LogP contribution in [0.25, 0.3) is 10.4 Å². The Balaban J connectivity index is 1.60. The molecule has 0 saturated heterocycles. The molecule has 0 radical (unpaired) electrons.